The van der Waals surface area contributed by atoms with Gasteiger partial charge < -0.3 is 10.3 Å². The molecule has 2 N–H and O–H groups in total. The molecule has 96 valence electrons. The van der Waals surface area contributed by atoms with Gasteiger partial charge in [0.15, 0.2) is 0 Å². The third kappa shape index (κ3) is 2.13. The van der Waals surface area contributed by atoms with Crippen molar-refractivity contribution >= 4 is 5.88 Å². The van der Waals surface area contributed by atoms with Gasteiger partial charge in [0.25, 0.3) is 0 Å². The van der Waals surface area contributed by atoms with Crippen molar-refractivity contribution in [3.8, 4) is 11.3 Å². The van der Waals surface area contributed by atoms with Gasteiger partial charge in [0.2, 0.25) is 5.88 Å². The number of rotatable bonds is 2. The van der Waals surface area contributed by atoms with Crippen LogP contribution in [0.2, 0.25) is 0 Å². The molecular formula is C15H20N2O. The Morgan fingerprint density at radius 1 is 1.22 bits per heavy atom. The summed E-state index contributed by atoms with van der Waals surface area (Å²) in [7, 11) is 0. The SMILES string of the molecule is CCc1c(-c2ccccc2C(C)(C)C)noc1N. The molecule has 18 heavy (non-hydrogen) atoms. The summed E-state index contributed by atoms with van der Waals surface area (Å²) >= 11 is 0. The highest BCUT2D eigenvalue weighted by Crippen LogP contribution is 2.35. The molecule has 2 aromatic rings. The second-order valence-electron chi connectivity index (χ2n) is 5.52. The lowest BCUT2D eigenvalue weighted by molar-refractivity contribution is 0.438. The third-order valence-electron chi connectivity index (χ3n) is 3.16. The number of hydrogen-bond acceptors (Lipinski definition) is 3. The van der Waals surface area contributed by atoms with E-state index in [1.54, 1.807) is 0 Å². The zero-order valence-electron chi connectivity index (χ0n) is 11.4. The topological polar surface area (TPSA) is 52.0 Å². The summed E-state index contributed by atoms with van der Waals surface area (Å²) in [6.45, 7) is 8.65. The van der Waals surface area contributed by atoms with E-state index in [1.807, 2.05) is 6.07 Å². The minimum absolute atomic E-state index is 0.0648. The summed E-state index contributed by atoms with van der Waals surface area (Å²) in [5.74, 6) is 0.427. The highest BCUT2D eigenvalue weighted by Gasteiger charge is 2.22. The van der Waals surface area contributed by atoms with E-state index in [0.29, 0.717) is 5.88 Å². The Morgan fingerprint density at radius 2 is 1.89 bits per heavy atom. The zero-order chi connectivity index (χ0) is 13.3. The van der Waals surface area contributed by atoms with Crippen LogP contribution in [0.15, 0.2) is 28.8 Å². The molecule has 3 nitrogen and oxygen atoms in total. The van der Waals surface area contributed by atoms with E-state index in [2.05, 4.69) is 51.1 Å². The maximum absolute atomic E-state index is 5.82. The van der Waals surface area contributed by atoms with Gasteiger partial charge in [-0.05, 0) is 17.4 Å². The molecule has 0 bridgehead atoms. The van der Waals surface area contributed by atoms with E-state index in [9.17, 15) is 0 Å². The quantitative estimate of drug-likeness (QED) is 0.874. The molecule has 0 spiro atoms. The van der Waals surface area contributed by atoms with E-state index in [0.717, 1.165) is 23.2 Å². The highest BCUT2D eigenvalue weighted by atomic mass is 16.5. The first kappa shape index (κ1) is 12.7. The van der Waals surface area contributed by atoms with Crippen molar-refractivity contribution in [1.82, 2.24) is 5.16 Å². The summed E-state index contributed by atoms with van der Waals surface area (Å²) in [5, 5.41) is 4.13. The molecule has 0 unspecified atom stereocenters. The number of hydrogen-bond donors (Lipinski definition) is 1. The molecule has 0 saturated heterocycles. The van der Waals surface area contributed by atoms with Gasteiger partial charge in [0, 0.05) is 11.1 Å². The van der Waals surface area contributed by atoms with Crippen LogP contribution in [-0.2, 0) is 11.8 Å². The van der Waals surface area contributed by atoms with Crippen LogP contribution in [0.3, 0.4) is 0 Å². The van der Waals surface area contributed by atoms with Gasteiger partial charge in [-0.1, -0.05) is 57.1 Å². The van der Waals surface area contributed by atoms with Crippen molar-refractivity contribution in [3.63, 3.8) is 0 Å². The fraction of sp³-hybridized carbons (Fsp3) is 0.400. The first-order valence-electron chi connectivity index (χ1n) is 6.29. The van der Waals surface area contributed by atoms with Gasteiger partial charge in [-0.2, -0.15) is 0 Å². The predicted molar refractivity (Wildman–Crippen MR) is 74.4 cm³/mol. The molecule has 0 aliphatic rings. The Balaban J connectivity index is 2.64. The summed E-state index contributed by atoms with van der Waals surface area (Å²) in [6.07, 6.45) is 0.823. The van der Waals surface area contributed by atoms with Crippen LogP contribution in [0.1, 0.15) is 38.8 Å². The van der Waals surface area contributed by atoms with Crippen LogP contribution < -0.4 is 5.73 Å². The molecule has 0 atom stereocenters. The van der Waals surface area contributed by atoms with Gasteiger partial charge >= 0.3 is 0 Å². The van der Waals surface area contributed by atoms with E-state index < -0.39 is 0 Å². The zero-order valence-corrected chi connectivity index (χ0v) is 11.4. The Kier molecular flexibility index (Phi) is 3.16. The van der Waals surface area contributed by atoms with E-state index >= 15 is 0 Å². The monoisotopic (exact) mass is 244 g/mol. The number of aromatic nitrogens is 1. The lowest BCUT2D eigenvalue weighted by atomic mass is 9.82. The minimum Gasteiger partial charge on any atom is -0.367 e. The number of nitrogen functional groups attached to an aromatic ring is 1. The fourth-order valence-corrected chi connectivity index (χ4v) is 2.22. The molecule has 2 rings (SSSR count). The average molecular weight is 244 g/mol. The van der Waals surface area contributed by atoms with Gasteiger partial charge in [0.1, 0.15) is 5.69 Å². The van der Waals surface area contributed by atoms with Gasteiger partial charge in [-0.3, -0.25) is 0 Å². The predicted octanol–water partition coefficient (Wildman–Crippen LogP) is 3.78. The van der Waals surface area contributed by atoms with Gasteiger partial charge in [0.05, 0.1) is 0 Å². The number of nitrogens with two attached hydrogens (primary N) is 1. The van der Waals surface area contributed by atoms with E-state index in [4.69, 9.17) is 10.3 Å². The smallest absolute Gasteiger partial charge is 0.225 e. The number of nitrogens with zero attached hydrogens (tertiary/aromatic N) is 1. The molecule has 0 aliphatic heterocycles. The third-order valence-corrected chi connectivity index (χ3v) is 3.16. The van der Waals surface area contributed by atoms with Crippen molar-refractivity contribution < 1.29 is 4.52 Å². The van der Waals surface area contributed by atoms with Crippen molar-refractivity contribution in [2.75, 3.05) is 5.73 Å². The lowest BCUT2D eigenvalue weighted by Gasteiger charge is -2.22. The normalized spacial score (nSPS) is 11.8. The second-order valence-corrected chi connectivity index (χ2v) is 5.52. The van der Waals surface area contributed by atoms with E-state index in [-0.39, 0.29) is 5.41 Å². The van der Waals surface area contributed by atoms with Crippen LogP contribution in [-0.4, -0.2) is 5.16 Å². The first-order chi connectivity index (χ1) is 8.45. The van der Waals surface area contributed by atoms with Gasteiger partial charge in [-0.15, -0.1) is 0 Å². The molecule has 0 amide bonds. The maximum Gasteiger partial charge on any atom is 0.225 e. The molecule has 0 saturated carbocycles. The molecular weight excluding hydrogens is 224 g/mol. The summed E-state index contributed by atoms with van der Waals surface area (Å²) in [6, 6.07) is 8.30. The van der Waals surface area contributed by atoms with Crippen molar-refractivity contribution in [3.05, 3.63) is 35.4 Å². The van der Waals surface area contributed by atoms with Crippen molar-refractivity contribution in [1.29, 1.82) is 0 Å². The maximum atomic E-state index is 5.82. The van der Waals surface area contributed by atoms with E-state index in [1.165, 1.54) is 5.56 Å². The lowest BCUT2D eigenvalue weighted by Crippen LogP contribution is -2.12. The highest BCUT2D eigenvalue weighted by molar-refractivity contribution is 5.71. The molecule has 0 fully saturated rings. The first-order valence-corrected chi connectivity index (χ1v) is 6.29. The molecule has 0 radical (unpaired) electrons. The minimum atomic E-state index is 0.0648. The fourth-order valence-electron chi connectivity index (χ4n) is 2.22. The standard InChI is InChI=1S/C15H20N2O/c1-5-10-13(17-18-14(10)16)11-8-6-7-9-12(11)15(2,3)4/h6-9H,5,16H2,1-4H3. The average Bonchev–Trinajstić information content (AvgIpc) is 2.69. The van der Waals surface area contributed by atoms with Crippen LogP contribution >= 0.6 is 0 Å². The van der Waals surface area contributed by atoms with Crippen LogP contribution in [0.5, 0.6) is 0 Å². The van der Waals surface area contributed by atoms with Crippen molar-refractivity contribution in [2.24, 2.45) is 0 Å². The molecule has 3 heteroatoms. The summed E-state index contributed by atoms with van der Waals surface area (Å²) < 4.78 is 5.14. The Bertz CT molecular complexity index is 550. The van der Waals surface area contributed by atoms with Gasteiger partial charge in [-0.25, -0.2) is 0 Å². The molecule has 0 aliphatic carbocycles. The Morgan fingerprint density at radius 3 is 2.50 bits per heavy atom. The largest absolute Gasteiger partial charge is 0.367 e. The summed E-state index contributed by atoms with van der Waals surface area (Å²) in [4.78, 5) is 0. The Hall–Kier alpha value is -1.77. The molecule has 1 aromatic heterocycles. The van der Waals surface area contributed by atoms with Crippen molar-refractivity contribution in [2.45, 2.75) is 39.5 Å². The Labute approximate surface area is 108 Å². The molecule has 1 aromatic carbocycles. The number of benzene rings is 1. The van der Waals surface area contributed by atoms with Crippen LogP contribution in [0.25, 0.3) is 11.3 Å². The number of anilines is 1. The summed E-state index contributed by atoms with van der Waals surface area (Å²) in [5.41, 5.74) is 10.1. The van der Waals surface area contributed by atoms with Crippen LogP contribution in [0, 0.1) is 0 Å². The second kappa shape index (κ2) is 4.48. The molecule has 1 heterocycles. The van der Waals surface area contributed by atoms with Crippen LogP contribution in [0.4, 0.5) is 5.88 Å².